The van der Waals surface area contributed by atoms with Crippen LogP contribution in [0.2, 0.25) is 0 Å². The highest BCUT2D eigenvalue weighted by atomic mass is 16.8. The minimum atomic E-state index is -1.97. The van der Waals surface area contributed by atoms with Crippen LogP contribution in [-0.4, -0.2) is 51.5 Å². The van der Waals surface area contributed by atoms with Crippen molar-refractivity contribution in [2.24, 2.45) is 34.0 Å². The van der Waals surface area contributed by atoms with Crippen LogP contribution in [0.15, 0.2) is 12.2 Å². The van der Waals surface area contributed by atoms with Gasteiger partial charge in [-0.3, -0.25) is 4.79 Å². The number of rotatable bonds is 0. The van der Waals surface area contributed by atoms with E-state index in [0.717, 1.165) is 12.8 Å². The summed E-state index contributed by atoms with van der Waals surface area (Å²) in [6.45, 7) is 8.14. The molecule has 0 radical (unpaired) electrons. The predicted octanol–water partition coefficient (Wildman–Crippen LogP) is 0.740. The van der Waals surface area contributed by atoms with Crippen molar-refractivity contribution in [3.05, 3.63) is 12.2 Å². The lowest BCUT2D eigenvalue weighted by Gasteiger charge is -2.79. The lowest BCUT2D eigenvalue weighted by molar-refractivity contribution is -0.556. The van der Waals surface area contributed by atoms with Crippen LogP contribution in [0.4, 0.5) is 0 Å². The molecule has 6 heteroatoms. The molecule has 8 fully saturated rings. The van der Waals surface area contributed by atoms with Gasteiger partial charge in [-0.15, -0.1) is 0 Å². The van der Waals surface area contributed by atoms with Gasteiger partial charge in [0.1, 0.15) is 11.5 Å². The van der Waals surface area contributed by atoms with Gasteiger partial charge >= 0.3 is 0 Å². The van der Waals surface area contributed by atoms with Crippen molar-refractivity contribution in [1.29, 1.82) is 0 Å². The van der Waals surface area contributed by atoms with Gasteiger partial charge in [-0.25, -0.2) is 0 Å². The topological polar surface area (TPSA) is 96.2 Å². The monoisotopic (exact) mass is 362 g/mol. The molecule has 26 heavy (non-hydrogen) atoms. The molecule has 0 aromatic heterocycles. The number of ketones is 1. The van der Waals surface area contributed by atoms with Crippen molar-refractivity contribution in [1.82, 2.24) is 0 Å². The molecule has 2 spiro atoms. The SMILES string of the molecule is C=C1C(=O)[C@@]23C4OC5O[C@]2(O)C(O)[C@@H]2C(C)(C)CCC(O)[C@]52[C@@H]3CCC14. The number of Topliss-reactive ketones (excluding diaryl/α,β-unsaturated/α-hetero) is 1. The minimum Gasteiger partial charge on any atom is -0.392 e. The Bertz CT molecular complexity index is 761. The Morgan fingerprint density at radius 3 is 2.65 bits per heavy atom. The molecular formula is C20H26O6. The zero-order valence-electron chi connectivity index (χ0n) is 15.1. The lowest BCUT2D eigenvalue weighted by atomic mass is 9.34. The first-order chi connectivity index (χ1) is 12.1. The first-order valence-electron chi connectivity index (χ1n) is 9.80. The summed E-state index contributed by atoms with van der Waals surface area (Å²) in [6.07, 6.45) is -0.473. The van der Waals surface area contributed by atoms with Crippen LogP contribution in [0.5, 0.6) is 0 Å². The first kappa shape index (κ1) is 16.2. The summed E-state index contributed by atoms with van der Waals surface area (Å²) in [5.74, 6) is -2.99. The lowest BCUT2D eigenvalue weighted by Crippen LogP contribution is -2.91. The number of hydrogen-bond acceptors (Lipinski definition) is 6. The third-order valence-electron chi connectivity index (χ3n) is 9.14. The number of aliphatic hydroxyl groups excluding tert-OH is 2. The van der Waals surface area contributed by atoms with E-state index in [1.165, 1.54) is 0 Å². The molecule has 4 saturated heterocycles. The maximum Gasteiger partial charge on any atom is 0.211 e. The molecule has 0 aromatic carbocycles. The Labute approximate surface area is 152 Å². The van der Waals surface area contributed by atoms with Gasteiger partial charge < -0.3 is 24.8 Å². The molecule has 4 aliphatic carbocycles. The van der Waals surface area contributed by atoms with Crippen LogP contribution in [0, 0.1) is 34.0 Å². The zero-order valence-corrected chi connectivity index (χ0v) is 15.1. The Morgan fingerprint density at radius 2 is 1.92 bits per heavy atom. The van der Waals surface area contributed by atoms with E-state index in [1.54, 1.807) is 0 Å². The van der Waals surface area contributed by atoms with Crippen LogP contribution in [0.3, 0.4) is 0 Å². The van der Waals surface area contributed by atoms with Gasteiger partial charge in [0.05, 0.1) is 17.6 Å². The smallest absolute Gasteiger partial charge is 0.211 e. The number of hydrogen-bond donors (Lipinski definition) is 3. The average Bonchev–Trinajstić information content (AvgIpc) is 2.71. The molecule has 4 heterocycles. The average molecular weight is 362 g/mol. The number of ether oxygens (including phenoxy) is 2. The van der Waals surface area contributed by atoms with Crippen LogP contribution >= 0.6 is 0 Å². The maximum atomic E-state index is 13.4. The highest BCUT2D eigenvalue weighted by molar-refractivity contribution is 6.05. The normalized spacial score (nSPS) is 64.0. The summed E-state index contributed by atoms with van der Waals surface area (Å²) in [5.41, 5.74) is -2.03. The van der Waals surface area contributed by atoms with Crippen LogP contribution in [0.1, 0.15) is 39.5 Å². The van der Waals surface area contributed by atoms with Crippen LogP contribution in [-0.2, 0) is 14.3 Å². The molecule has 4 saturated carbocycles. The molecule has 8 rings (SSSR count). The second-order valence-electron chi connectivity index (χ2n) is 10.1. The number of carbonyl (C=O) groups excluding carboxylic acids is 1. The highest BCUT2D eigenvalue weighted by Gasteiger charge is 2.92. The zero-order chi connectivity index (χ0) is 18.4. The Hall–Kier alpha value is -0.790. The first-order valence-corrected chi connectivity index (χ1v) is 9.80. The molecule has 6 nitrogen and oxygen atoms in total. The summed E-state index contributed by atoms with van der Waals surface area (Å²) in [6, 6.07) is 0. The van der Waals surface area contributed by atoms with Gasteiger partial charge in [0, 0.05) is 11.8 Å². The molecular weight excluding hydrogens is 336 g/mol. The Balaban J connectivity index is 1.70. The summed E-state index contributed by atoms with van der Waals surface area (Å²) in [7, 11) is 0. The van der Waals surface area contributed by atoms with Crippen molar-refractivity contribution in [3.63, 3.8) is 0 Å². The van der Waals surface area contributed by atoms with E-state index in [4.69, 9.17) is 9.47 Å². The van der Waals surface area contributed by atoms with E-state index in [9.17, 15) is 20.1 Å². The molecule has 5 unspecified atom stereocenters. The largest absolute Gasteiger partial charge is 0.392 e. The van der Waals surface area contributed by atoms with Crippen molar-refractivity contribution < 1.29 is 29.6 Å². The molecule has 3 N–H and O–H groups in total. The van der Waals surface area contributed by atoms with Crippen molar-refractivity contribution in [3.8, 4) is 0 Å². The third-order valence-corrected chi connectivity index (χ3v) is 9.14. The molecule has 0 aromatic rings. The summed E-state index contributed by atoms with van der Waals surface area (Å²) in [4.78, 5) is 13.4. The fourth-order valence-corrected chi connectivity index (χ4v) is 8.38. The predicted molar refractivity (Wildman–Crippen MR) is 88.4 cm³/mol. The maximum absolute atomic E-state index is 13.4. The standard InChI is InChI=1S/C20H26O6/c1-8-9-4-5-10-18-11(21)6-7-17(2,3)12(18)14(23)20(24)19(10,13(8)22)15(9)25-16(18)26-20/h9-12,14-16,21,23-24H,1,4-7H2,2-3H3/t9?,10-,11?,12+,14?,15?,16?,18-,19-,20+/m0/s1. The van der Waals surface area contributed by atoms with Crippen molar-refractivity contribution in [2.45, 2.75) is 69.9 Å². The van der Waals surface area contributed by atoms with E-state index < -0.39 is 47.1 Å². The van der Waals surface area contributed by atoms with Gasteiger partial charge in [-0.1, -0.05) is 20.4 Å². The van der Waals surface area contributed by atoms with Crippen molar-refractivity contribution in [2.75, 3.05) is 0 Å². The molecule has 10 atom stereocenters. The van der Waals surface area contributed by atoms with E-state index >= 15 is 0 Å². The van der Waals surface area contributed by atoms with Crippen molar-refractivity contribution >= 4 is 5.78 Å². The van der Waals surface area contributed by atoms with Gasteiger partial charge in [-0.05, 0) is 42.6 Å². The fraction of sp³-hybridized carbons (Fsp3) is 0.850. The molecule has 0 amide bonds. The van der Waals surface area contributed by atoms with E-state index in [0.29, 0.717) is 18.4 Å². The summed E-state index contributed by atoms with van der Waals surface area (Å²) >= 11 is 0. The van der Waals surface area contributed by atoms with Gasteiger partial charge in [0.2, 0.25) is 5.79 Å². The minimum absolute atomic E-state index is 0.133. The highest BCUT2D eigenvalue weighted by Crippen LogP contribution is 2.81. The van der Waals surface area contributed by atoms with Gasteiger partial charge in [-0.2, -0.15) is 0 Å². The second-order valence-corrected chi connectivity index (χ2v) is 10.1. The van der Waals surface area contributed by atoms with Gasteiger partial charge in [0.15, 0.2) is 12.1 Å². The molecule has 4 aliphatic heterocycles. The molecule has 7 bridgehead atoms. The molecule has 8 aliphatic rings. The summed E-state index contributed by atoms with van der Waals surface area (Å²) in [5, 5.41) is 34.3. The Kier molecular flexibility index (Phi) is 2.57. The molecule has 142 valence electrons. The second kappa shape index (κ2) is 4.13. The quantitative estimate of drug-likeness (QED) is 0.550. The Morgan fingerprint density at radius 1 is 1.19 bits per heavy atom. The third kappa shape index (κ3) is 1.19. The van der Waals surface area contributed by atoms with Crippen LogP contribution < -0.4 is 0 Å². The number of aliphatic hydroxyl groups is 3. The van der Waals surface area contributed by atoms with E-state index in [1.807, 2.05) is 0 Å². The number of carbonyl (C=O) groups is 1. The van der Waals surface area contributed by atoms with Gasteiger partial charge in [0.25, 0.3) is 0 Å². The van der Waals surface area contributed by atoms with E-state index in [2.05, 4.69) is 20.4 Å². The fourth-order valence-electron chi connectivity index (χ4n) is 8.38. The summed E-state index contributed by atoms with van der Waals surface area (Å²) < 4.78 is 12.3. The van der Waals surface area contributed by atoms with Crippen LogP contribution in [0.25, 0.3) is 0 Å². The van der Waals surface area contributed by atoms with E-state index in [-0.39, 0.29) is 23.0 Å².